The third-order valence-electron chi connectivity index (χ3n) is 19.2. The molecule has 8 heterocycles. The van der Waals surface area contributed by atoms with Gasteiger partial charge in [0.05, 0.1) is 45.5 Å². The predicted octanol–water partition coefficient (Wildman–Crippen LogP) is 10.1. The lowest BCUT2D eigenvalue weighted by atomic mass is 9.73. The zero-order valence-corrected chi connectivity index (χ0v) is 49.5. The number of nitrogens with one attached hydrogen (secondary N) is 2. The smallest absolute Gasteiger partial charge is 0.264 e. The van der Waals surface area contributed by atoms with Crippen LogP contribution in [0.2, 0.25) is 0 Å². The van der Waals surface area contributed by atoms with E-state index in [1.54, 1.807) is 43.6 Å². The molecule has 4 aromatic carbocycles. The van der Waals surface area contributed by atoms with Crippen molar-refractivity contribution in [1.29, 1.82) is 0 Å². The summed E-state index contributed by atoms with van der Waals surface area (Å²) < 4.78 is 24.4. The van der Waals surface area contributed by atoms with Crippen LogP contribution >= 0.6 is 0 Å². The Morgan fingerprint density at radius 3 is 2.26 bits per heavy atom. The van der Waals surface area contributed by atoms with Gasteiger partial charge in [-0.3, -0.25) is 43.8 Å². The number of carbonyl (C=O) groups is 7. The molecular weight excluding hydrogens is 1090 g/mol. The minimum absolute atomic E-state index is 0.0112. The lowest BCUT2D eigenvalue weighted by Crippen LogP contribution is -2.58. The van der Waals surface area contributed by atoms with Gasteiger partial charge in [0.2, 0.25) is 17.7 Å². The van der Waals surface area contributed by atoms with Crippen molar-refractivity contribution in [2.75, 3.05) is 54.4 Å². The van der Waals surface area contributed by atoms with Gasteiger partial charge >= 0.3 is 0 Å². The Balaban J connectivity index is 0.709. The Labute approximate surface area is 499 Å². The molecule has 1 unspecified atom stereocenters. The van der Waals surface area contributed by atoms with Crippen LogP contribution in [0.1, 0.15) is 163 Å². The fourth-order valence-corrected chi connectivity index (χ4v) is 14.4. The van der Waals surface area contributed by atoms with Crippen molar-refractivity contribution < 1.29 is 42.7 Å². The number of imide groups is 2. The first-order valence-electron chi connectivity index (χ1n) is 30.8. The number of nitrogens with zero attached hydrogens (tertiary/aromatic N) is 8. The van der Waals surface area contributed by atoms with E-state index in [9.17, 15) is 28.8 Å². The molecule has 19 heteroatoms. The number of anilines is 4. The molecular formula is C67H73FN10O8. The van der Waals surface area contributed by atoms with Crippen LogP contribution in [-0.4, -0.2) is 134 Å². The van der Waals surface area contributed by atoms with E-state index in [4.69, 9.17) is 14.7 Å². The van der Waals surface area contributed by atoms with Crippen LogP contribution < -0.4 is 25.2 Å². The first-order chi connectivity index (χ1) is 41.4. The number of pyridine rings is 1. The summed E-state index contributed by atoms with van der Waals surface area (Å²) in [7, 11) is 0. The molecule has 1 saturated carbocycles. The highest BCUT2D eigenvalue weighted by molar-refractivity contribution is 6.25. The number of carbonyl (C=O) groups excluding carboxylic acids is 7. The van der Waals surface area contributed by atoms with Crippen molar-refractivity contribution in [2.45, 2.75) is 147 Å². The average Bonchev–Trinajstić information content (AvgIpc) is 1.60. The number of ketones is 1. The minimum Gasteiger partial charge on any atom is -0.490 e. The van der Waals surface area contributed by atoms with Gasteiger partial charge in [0.15, 0.2) is 11.6 Å². The average molecular weight is 1170 g/mol. The number of amides is 6. The van der Waals surface area contributed by atoms with E-state index >= 15 is 9.18 Å². The molecule has 1 atom stereocenters. The van der Waals surface area contributed by atoms with Gasteiger partial charge in [-0.1, -0.05) is 38.5 Å². The molecule has 0 bridgehead atoms. The van der Waals surface area contributed by atoms with Gasteiger partial charge in [-0.05, 0) is 157 Å². The SMILES string of the molecule is Cc1cc(F)c(Nc2nc(-c3ccc4c(c3)N(C3CC(N5CCCCC5)C3)C(=O)C43CCN(C(=O)c4ccc(OC5CCN(c6cccc7c6C(=O)N(C6CCC(=O)NC6=O)C7=O)CC5)cc4)CC3)cc3ncn(C(C)C)c23)cc1C(=O)CC(C)C. The van der Waals surface area contributed by atoms with Crippen LogP contribution in [0.15, 0.2) is 85.2 Å². The zero-order valence-electron chi connectivity index (χ0n) is 49.5. The molecule has 2 N–H and O–H groups in total. The van der Waals surface area contributed by atoms with Gasteiger partial charge in [-0.15, -0.1) is 0 Å². The quantitative estimate of drug-likeness (QED) is 0.0772. The predicted molar refractivity (Wildman–Crippen MR) is 324 cm³/mol. The number of benzene rings is 4. The van der Waals surface area contributed by atoms with Gasteiger partial charge in [0, 0.05) is 92.4 Å². The van der Waals surface area contributed by atoms with E-state index in [2.05, 4.69) is 37.5 Å². The van der Waals surface area contributed by atoms with E-state index in [1.807, 2.05) is 67.5 Å². The fraction of sp³-hybridized carbons (Fsp3) is 0.448. The number of halogens is 1. The van der Waals surface area contributed by atoms with Crippen LogP contribution in [0.4, 0.5) is 27.3 Å². The van der Waals surface area contributed by atoms with Crippen molar-refractivity contribution in [3.05, 3.63) is 124 Å². The van der Waals surface area contributed by atoms with Gasteiger partial charge in [-0.25, -0.2) is 14.4 Å². The van der Waals surface area contributed by atoms with E-state index in [-0.39, 0.29) is 71.4 Å². The molecule has 2 aromatic heterocycles. The Bertz CT molecular complexity index is 3760. The highest BCUT2D eigenvalue weighted by Gasteiger charge is 2.56. The monoisotopic (exact) mass is 1160 g/mol. The fourth-order valence-electron chi connectivity index (χ4n) is 14.4. The maximum atomic E-state index is 16.0. The molecule has 6 amide bonds. The number of fused-ring (bicyclic) bond motifs is 4. The number of piperidine rings is 4. The molecule has 7 aliphatic rings. The highest BCUT2D eigenvalue weighted by Crippen LogP contribution is 2.52. The van der Waals surface area contributed by atoms with E-state index in [1.165, 1.54) is 25.3 Å². The number of imidazole rings is 1. The number of hydrogen-bond acceptors (Lipinski definition) is 13. The summed E-state index contributed by atoms with van der Waals surface area (Å²) >= 11 is 0. The van der Waals surface area contributed by atoms with Crippen LogP contribution in [0.25, 0.3) is 22.3 Å². The number of aromatic nitrogens is 3. The summed E-state index contributed by atoms with van der Waals surface area (Å²) in [6.45, 7) is 13.9. The summed E-state index contributed by atoms with van der Waals surface area (Å²) in [5.74, 6) is -1.56. The molecule has 5 fully saturated rings. The number of ether oxygens (including phenoxy) is 1. The Morgan fingerprint density at radius 2 is 1.55 bits per heavy atom. The standard InChI is InChI=1S/C67H73FN10O8/c1-38(2)30-57(79)48-35-52(50(68)31-40(48)5)71-61-60-53(69-37-76(60)39(3)4)36-51(70-61)42-14-17-49-56(32-42)77(44-33-43(34-44)73-24-7-6-8-25-73)66(85)67(49)22-28-75(29-23-67)63(82)41-12-15-45(16-13-41)86-46-20-26-74(27-21-46)54-11-9-10-47-59(54)65(84)78(64(47)83)55-18-19-58(80)72-62(55)81/h9-17,31-32,35-39,43-44,46,55H,6-8,18-30,33-34H2,1-5H3,(H,70,71)(H,72,80,81). The van der Waals surface area contributed by atoms with Crippen molar-refractivity contribution in [3.63, 3.8) is 0 Å². The van der Waals surface area contributed by atoms with Gasteiger partial charge in [0.1, 0.15) is 29.2 Å². The number of rotatable bonds is 14. The van der Waals surface area contributed by atoms with Gasteiger partial charge < -0.3 is 34.2 Å². The maximum Gasteiger partial charge on any atom is 0.264 e. The first-order valence-corrected chi connectivity index (χ1v) is 30.8. The number of aryl methyl sites for hydroxylation is 1. The summed E-state index contributed by atoms with van der Waals surface area (Å²) in [5.41, 5.74) is 6.59. The van der Waals surface area contributed by atoms with Crippen LogP contribution in [0.5, 0.6) is 5.75 Å². The molecule has 6 aromatic rings. The summed E-state index contributed by atoms with van der Waals surface area (Å²) in [5, 5.41) is 5.55. The first kappa shape index (κ1) is 56.8. The second kappa shape index (κ2) is 22.5. The molecule has 13 rings (SSSR count). The van der Waals surface area contributed by atoms with Crippen molar-refractivity contribution in [3.8, 4) is 17.0 Å². The van der Waals surface area contributed by atoms with Gasteiger partial charge in [0.25, 0.3) is 17.7 Å². The van der Waals surface area contributed by atoms with E-state index < -0.39 is 40.9 Å². The van der Waals surface area contributed by atoms with Crippen LogP contribution in [0, 0.1) is 18.7 Å². The molecule has 1 aliphatic carbocycles. The zero-order chi connectivity index (χ0) is 59.9. The summed E-state index contributed by atoms with van der Waals surface area (Å²) in [6.07, 6.45) is 9.71. The number of likely N-dealkylation sites (tertiary alicyclic amines) is 2. The molecule has 0 radical (unpaired) electrons. The highest BCUT2D eigenvalue weighted by atomic mass is 19.1. The van der Waals surface area contributed by atoms with E-state index in [0.717, 1.165) is 47.6 Å². The van der Waals surface area contributed by atoms with Crippen LogP contribution in [0.3, 0.4) is 0 Å². The molecule has 18 nitrogen and oxygen atoms in total. The molecule has 6 aliphatic heterocycles. The lowest BCUT2D eigenvalue weighted by molar-refractivity contribution is -0.136. The topological polar surface area (TPSA) is 200 Å². The molecule has 86 heavy (non-hydrogen) atoms. The Hall–Kier alpha value is -8.32. The van der Waals surface area contributed by atoms with Crippen LogP contribution in [-0.2, 0) is 19.8 Å². The third-order valence-corrected chi connectivity index (χ3v) is 19.2. The molecule has 1 spiro atoms. The number of Topliss-reactive ketones (excluding diaryl/α,β-unsaturated/α-hetero) is 1. The summed E-state index contributed by atoms with van der Waals surface area (Å²) in [6, 6.07) is 22.9. The lowest BCUT2D eigenvalue weighted by Gasteiger charge is -2.48. The van der Waals surface area contributed by atoms with Crippen molar-refractivity contribution in [2.24, 2.45) is 5.92 Å². The minimum atomic E-state index is -1.04. The van der Waals surface area contributed by atoms with Crippen molar-refractivity contribution >= 4 is 75.1 Å². The third kappa shape index (κ3) is 10.1. The van der Waals surface area contributed by atoms with Gasteiger partial charge in [-0.2, -0.15) is 0 Å². The number of hydrogen-bond donors (Lipinski definition) is 2. The Morgan fingerprint density at radius 1 is 0.802 bits per heavy atom. The largest absolute Gasteiger partial charge is 0.490 e. The molecule has 4 saturated heterocycles. The second-order valence-corrected chi connectivity index (χ2v) is 25.4. The summed E-state index contributed by atoms with van der Waals surface area (Å²) in [4.78, 5) is 115. The van der Waals surface area contributed by atoms with Crippen molar-refractivity contribution in [1.82, 2.24) is 34.6 Å². The second-order valence-electron chi connectivity index (χ2n) is 25.4. The normalized spacial score (nSPS) is 21.6. The molecule has 446 valence electrons. The Kier molecular flexibility index (Phi) is 14.9. The van der Waals surface area contributed by atoms with E-state index in [0.29, 0.717) is 115 Å². The maximum absolute atomic E-state index is 16.0.